The standard InChI is InChI=1S/C27H33N3O3S/c1-21-10-8-11-22(2)26(21)30(34(4,32)33)20-23-14-16-24(17-15-23)27(31)28-18-9-19-29(3)25-12-6-5-7-13-25/h5-8,10-17H,9,18-20H2,1-4H3,(H,28,31). The number of hydrogen-bond donors (Lipinski definition) is 1. The highest BCUT2D eigenvalue weighted by Crippen LogP contribution is 2.28. The Morgan fingerprint density at radius 1 is 0.882 bits per heavy atom. The van der Waals surface area contributed by atoms with Gasteiger partial charge in [0.1, 0.15) is 0 Å². The molecule has 0 aliphatic rings. The zero-order valence-electron chi connectivity index (χ0n) is 20.3. The summed E-state index contributed by atoms with van der Waals surface area (Å²) in [5.74, 6) is -0.136. The molecule has 7 heteroatoms. The maximum absolute atomic E-state index is 12.6. The summed E-state index contributed by atoms with van der Waals surface area (Å²) < 4.78 is 26.5. The lowest BCUT2D eigenvalue weighted by Crippen LogP contribution is -2.30. The molecule has 180 valence electrons. The van der Waals surface area contributed by atoms with Crippen molar-refractivity contribution in [3.63, 3.8) is 0 Å². The molecule has 3 aromatic carbocycles. The Hall–Kier alpha value is -3.32. The van der Waals surface area contributed by atoms with E-state index in [4.69, 9.17) is 0 Å². The second kappa shape index (κ2) is 11.2. The van der Waals surface area contributed by atoms with Gasteiger partial charge in [0.05, 0.1) is 18.5 Å². The Morgan fingerprint density at radius 2 is 1.50 bits per heavy atom. The van der Waals surface area contributed by atoms with Crippen molar-refractivity contribution in [2.24, 2.45) is 0 Å². The molecule has 0 saturated carbocycles. The fourth-order valence-electron chi connectivity index (χ4n) is 3.92. The van der Waals surface area contributed by atoms with E-state index >= 15 is 0 Å². The molecule has 0 aliphatic heterocycles. The summed E-state index contributed by atoms with van der Waals surface area (Å²) in [6.07, 6.45) is 2.05. The molecule has 0 atom stereocenters. The quantitative estimate of drug-likeness (QED) is 0.434. The molecule has 3 rings (SSSR count). The van der Waals surface area contributed by atoms with Gasteiger partial charge >= 0.3 is 0 Å². The van der Waals surface area contributed by atoms with Crippen LogP contribution in [0.15, 0.2) is 72.8 Å². The number of carbonyl (C=O) groups is 1. The summed E-state index contributed by atoms with van der Waals surface area (Å²) in [6, 6.07) is 23.0. The van der Waals surface area contributed by atoms with Crippen molar-refractivity contribution in [3.8, 4) is 0 Å². The van der Waals surface area contributed by atoms with E-state index in [9.17, 15) is 13.2 Å². The number of nitrogens with zero attached hydrogens (tertiary/aromatic N) is 2. The normalized spacial score (nSPS) is 11.2. The van der Waals surface area contributed by atoms with Gasteiger partial charge in [-0.2, -0.15) is 0 Å². The lowest BCUT2D eigenvalue weighted by atomic mass is 10.1. The monoisotopic (exact) mass is 479 g/mol. The van der Waals surface area contributed by atoms with Gasteiger partial charge in [-0.1, -0.05) is 48.5 Å². The van der Waals surface area contributed by atoms with E-state index in [1.54, 1.807) is 12.1 Å². The van der Waals surface area contributed by atoms with E-state index in [1.807, 2.05) is 69.4 Å². The third-order valence-electron chi connectivity index (χ3n) is 5.78. The van der Waals surface area contributed by atoms with Crippen LogP contribution in [-0.4, -0.2) is 40.7 Å². The summed E-state index contributed by atoms with van der Waals surface area (Å²) in [5.41, 5.74) is 5.02. The zero-order valence-corrected chi connectivity index (χ0v) is 21.1. The van der Waals surface area contributed by atoms with Crippen LogP contribution in [0.3, 0.4) is 0 Å². The SMILES string of the molecule is Cc1cccc(C)c1N(Cc1ccc(C(=O)NCCCN(C)c2ccccc2)cc1)S(C)(=O)=O. The first-order chi connectivity index (χ1) is 16.2. The summed E-state index contributed by atoms with van der Waals surface area (Å²) in [4.78, 5) is 14.7. The van der Waals surface area contributed by atoms with Crippen molar-refractivity contribution in [1.29, 1.82) is 0 Å². The first-order valence-electron chi connectivity index (χ1n) is 11.3. The topological polar surface area (TPSA) is 69.7 Å². The van der Waals surface area contributed by atoms with Crippen LogP contribution >= 0.6 is 0 Å². The van der Waals surface area contributed by atoms with Gasteiger partial charge in [-0.25, -0.2) is 8.42 Å². The third-order valence-corrected chi connectivity index (χ3v) is 6.90. The number of rotatable bonds is 10. The van der Waals surface area contributed by atoms with E-state index in [0.29, 0.717) is 17.8 Å². The van der Waals surface area contributed by atoms with Crippen molar-refractivity contribution >= 4 is 27.3 Å². The van der Waals surface area contributed by atoms with Gasteiger partial charge in [-0.05, 0) is 61.2 Å². The highest BCUT2D eigenvalue weighted by molar-refractivity contribution is 7.92. The summed E-state index contributed by atoms with van der Waals surface area (Å²) in [7, 11) is -1.44. The molecule has 0 unspecified atom stereocenters. The molecule has 0 aromatic heterocycles. The number of benzene rings is 3. The zero-order chi connectivity index (χ0) is 24.7. The minimum absolute atomic E-state index is 0.136. The third kappa shape index (κ3) is 6.60. The summed E-state index contributed by atoms with van der Waals surface area (Å²) >= 11 is 0. The number of carbonyl (C=O) groups excluding carboxylic acids is 1. The van der Waals surface area contributed by atoms with Crippen molar-refractivity contribution in [2.75, 3.05) is 35.6 Å². The van der Waals surface area contributed by atoms with E-state index in [0.717, 1.165) is 35.3 Å². The van der Waals surface area contributed by atoms with Crippen LogP contribution in [0.25, 0.3) is 0 Å². The number of anilines is 2. The van der Waals surface area contributed by atoms with Gasteiger partial charge in [0.15, 0.2) is 0 Å². The second-order valence-corrected chi connectivity index (χ2v) is 10.5. The van der Waals surface area contributed by atoms with Gasteiger partial charge in [0.25, 0.3) is 5.91 Å². The molecule has 1 N–H and O–H groups in total. The molecule has 6 nitrogen and oxygen atoms in total. The van der Waals surface area contributed by atoms with Gasteiger partial charge in [-0.15, -0.1) is 0 Å². The van der Waals surface area contributed by atoms with Crippen molar-refractivity contribution in [3.05, 3.63) is 95.1 Å². The molecule has 0 spiro atoms. The highest BCUT2D eigenvalue weighted by Gasteiger charge is 2.21. The highest BCUT2D eigenvalue weighted by atomic mass is 32.2. The molecule has 0 fully saturated rings. The number of hydrogen-bond acceptors (Lipinski definition) is 4. The molecular formula is C27H33N3O3S. The largest absolute Gasteiger partial charge is 0.375 e. The van der Waals surface area contributed by atoms with Gasteiger partial charge in [-0.3, -0.25) is 9.10 Å². The Labute approximate surface area is 203 Å². The van der Waals surface area contributed by atoms with E-state index in [-0.39, 0.29) is 12.5 Å². The van der Waals surface area contributed by atoms with E-state index < -0.39 is 10.0 Å². The van der Waals surface area contributed by atoms with Crippen LogP contribution < -0.4 is 14.5 Å². The van der Waals surface area contributed by atoms with E-state index in [1.165, 1.54) is 10.6 Å². The van der Waals surface area contributed by atoms with Crippen molar-refractivity contribution < 1.29 is 13.2 Å². The Morgan fingerprint density at radius 3 is 2.09 bits per heavy atom. The molecule has 0 bridgehead atoms. The number of amides is 1. The Kier molecular flexibility index (Phi) is 8.34. The van der Waals surface area contributed by atoms with Crippen LogP contribution in [0.5, 0.6) is 0 Å². The average Bonchev–Trinajstić information content (AvgIpc) is 2.81. The van der Waals surface area contributed by atoms with Crippen LogP contribution in [0.4, 0.5) is 11.4 Å². The minimum atomic E-state index is -3.48. The summed E-state index contributed by atoms with van der Waals surface area (Å²) in [5, 5.41) is 2.96. The first kappa shape index (κ1) is 25.3. The van der Waals surface area contributed by atoms with E-state index in [2.05, 4.69) is 22.3 Å². The second-order valence-electron chi connectivity index (χ2n) is 8.57. The van der Waals surface area contributed by atoms with Crippen molar-refractivity contribution in [2.45, 2.75) is 26.8 Å². The number of nitrogens with one attached hydrogen (secondary N) is 1. The van der Waals surface area contributed by atoms with Crippen LogP contribution in [-0.2, 0) is 16.6 Å². The summed E-state index contributed by atoms with van der Waals surface area (Å²) in [6.45, 7) is 5.43. The van der Waals surface area contributed by atoms with Crippen LogP contribution in [0, 0.1) is 13.8 Å². The fraction of sp³-hybridized carbons (Fsp3) is 0.296. The van der Waals surface area contributed by atoms with Gasteiger partial charge in [0, 0.05) is 31.4 Å². The van der Waals surface area contributed by atoms with Crippen LogP contribution in [0.2, 0.25) is 0 Å². The molecule has 0 heterocycles. The maximum Gasteiger partial charge on any atom is 0.251 e. The maximum atomic E-state index is 12.6. The predicted molar refractivity (Wildman–Crippen MR) is 140 cm³/mol. The molecular weight excluding hydrogens is 446 g/mol. The molecule has 3 aromatic rings. The lowest BCUT2D eigenvalue weighted by Gasteiger charge is -2.26. The molecule has 0 saturated heterocycles. The van der Waals surface area contributed by atoms with Gasteiger partial charge < -0.3 is 10.2 Å². The number of para-hydroxylation sites is 2. The molecule has 0 radical (unpaired) electrons. The average molecular weight is 480 g/mol. The minimum Gasteiger partial charge on any atom is -0.375 e. The van der Waals surface area contributed by atoms with Crippen LogP contribution in [0.1, 0.15) is 33.5 Å². The number of aryl methyl sites for hydroxylation is 2. The fourth-order valence-corrected chi connectivity index (χ4v) is 4.92. The molecule has 34 heavy (non-hydrogen) atoms. The molecule has 0 aliphatic carbocycles. The molecule has 1 amide bonds. The van der Waals surface area contributed by atoms with Crippen molar-refractivity contribution in [1.82, 2.24) is 5.32 Å². The first-order valence-corrected chi connectivity index (χ1v) is 13.2. The van der Waals surface area contributed by atoms with Gasteiger partial charge in [0.2, 0.25) is 10.0 Å². The lowest BCUT2D eigenvalue weighted by molar-refractivity contribution is 0.0953. The predicted octanol–water partition coefficient (Wildman–Crippen LogP) is 4.53. The Bertz CT molecular complexity index is 1190. The smallest absolute Gasteiger partial charge is 0.251 e. The number of sulfonamides is 1. The Balaban J connectivity index is 1.58.